The van der Waals surface area contributed by atoms with Crippen LogP contribution in [0.5, 0.6) is 11.5 Å². The number of H-pyrrole nitrogens is 1. The van der Waals surface area contributed by atoms with Crippen molar-refractivity contribution in [2.24, 2.45) is 0 Å². The minimum Gasteiger partial charge on any atom is -0.455 e. The topological polar surface area (TPSA) is 65.9 Å². The highest BCUT2D eigenvalue weighted by molar-refractivity contribution is 9.10. The van der Waals surface area contributed by atoms with Crippen LogP contribution in [0.15, 0.2) is 57.8 Å². The molecule has 0 unspecified atom stereocenters. The van der Waals surface area contributed by atoms with Crippen LogP contribution < -0.4 is 10.3 Å². The van der Waals surface area contributed by atoms with Gasteiger partial charge in [0, 0.05) is 22.7 Å². The van der Waals surface area contributed by atoms with E-state index in [0.717, 1.165) is 16.8 Å². The van der Waals surface area contributed by atoms with Gasteiger partial charge in [-0.3, -0.25) is 4.79 Å². The van der Waals surface area contributed by atoms with Crippen LogP contribution in [0.25, 0.3) is 0 Å². The number of nitrogens with one attached hydrogen (secondary N) is 1. The number of nitriles is 1. The number of hydrogen-bond acceptors (Lipinski definition) is 3. The fourth-order valence-electron chi connectivity index (χ4n) is 2.63. The molecule has 6 heteroatoms. The molecule has 1 heterocycles. The summed E-state index contributed by atoms with van der Waals surface area (Å²) in [7, 11) is 0. The summed E-state index contributed by atoms with van der Waals surface area (Å²) < 4.78 is 6.29. The van der Waals surface area contributed by atoms with Gasteiger partial charge in [-0.2, -0.15) is 5.26 Å². The Labute approximate surface area is 164 Å². The van der Waals surface area contributed by atoms with Crippen molar-refractivity contribution < 1.29 is 4.74 Å². The number of rotatable bonds is 4. The van der Waals surface area contributed by atoms with Gasteiger partial charge in [0.05, 0.1) is 11.6 Å². The highest BCUT2D eigenvalue weighted by Gasteiger charge is 2.17. The first-order valence-electron chi connectivity index (χ1n) is 7.81. The van der Waals surface area contributed by atoms with Crippen molar-refractivity contribution in [2.75, 3.05) is 0 Å². The number of pyridine rings is 1. The Morgan fingerprint density at radius 3 is 2.65 bits per heavy atom. The highest BCUT2D eigenvalue weighted by Crippen LogP contribution is 2.35. The average Bonchev–Trinajstić information content (AvgIpc) is 2.63. The van der Waals surface area contributed by atoms with Gasteiger partial charge in [-0.1, -0.05) is 41.9 Å². The van der Waals surface area contributed by atoms with Crippen molar-refractivity contribution >= 4 is 27.5 Å². The van der Waals surface area contributed by atoms with Crippen LogP contribution in [-0.4, -0.2) is 4.98 Å². The third kappa shape index (κ3) is 3.98. The minimum absolute atomic E-state index is 0.281. The van der Waals surface area contributed by atoms with Gasteiger partial charge in [0.15, 0.2) is 5.75 Å². The number of aryl methyl sites for hydroxylation is 1. The maximum absolute atomic E-state index is 12.2. The van der Waals surface area contributed by atoms with E-state index in [2.05, 4.69) is 20.9 Å². The van der Waals surface area contributed by atoms with Gasteiger partial charge in [0.2, 0.25) is 0 Å². The molecule has 26 heavy (non-hydrogen) atoms. The second kappa shape index (κ2) is 7.77. The lowest BCUT2D eigenvalue weighted by Gasteiger charge is -2.15. The van der Waals surface area contributed by atoms with Crippen molar-refractivity contribution in [2.45, 2.75) is 13.3 Å². The summed E-state index contributed by atoms with van der Waals surface area (Å²) in [6, 6.07) is 16.7. The van der Waals surface area contributed by atoms with Crippen LogP contribution >= 0.6 is 27.5 Å². The molecule has 0 amide bonds. The Kier molecular flexibility index (Phi) is 5.46. The Hall–Kier alpha value is -2.55. The van der Waals surface area contributed by atoms with E-state index >= 15 is 0 Å². The quantitative estimate of drug-likeness (QED) is 0.607. The predicted molar refractivity (Wildman–Crippen MR) is 105 cm³/mol. The van der Waals surface area contributed by atoms with Crippen molar-refractivity contribution in [3.05, 3.63) is 90.8 Å². The first-order chi connectivity index (χ1) is 12.5. The van der Waals surface area contributed by atoms with E-state index in [9.17, 15) is 4.79 Å². The predicted octanol–water partition coefficient (Wildman–Crippen LogP) is 5.35. The number of nitrogens with zero attached hydrogens (tertiary/aromatic N) is 1. The Balaban J connectivity index is 2.09. The average molecular weight is 430 g/mol. The lowest BCUT2D eigenvalue weighted by atomic mass is 10.0. The Bertz CT molecular complexity index is 1060. The number of aromatic nitrogens is 1. The van der Waals surface area contributed by atoms with Crippen LogP contribution in [0, 0.1) is 18.3 Å². The molecule has 1 N–H and O–H groups in total. The van der Waals surface area contributed by atoms with E-state index < -0.39 is 0 Å². The second-order valence-corrected chi connectivity index (χ2v) is 6.98. The van der Waals surface area contributed by atoms with Gasteiger partial charge in [-0.05, 0) is 46.6 Å². The molecule has 0 aliphatic carbocycles. The normalized spacial score (nSPS) is 10.4. The van der Waals surface area contributed by atoms with Gasteiger partial charge < -0.3 is 9.72 Å². The Morgan fingerprint density at radius 2 is 1.96 bits per heavy atom. The van der Waals surface area contributed by atoms with Gasteiger partial charge in [0.1, 0.15) is 10.2 Å². The zero-order valence-corrected chi connectivity index (χ0v) is 16.2. The standard InChI is InChI=1S/C20H14BrClN2O2/c1-12-17(9-13-5-3-2-4-6-13)19(18(21)20(25)24-12)26-16-8-14(11-23)7-15(22)10-16/h2-8,10H,9H2,1H3,(H,24,25). The molecule has 0 saturated heterocycles. The zero-order valence-electron chi connectivity index (χ0n) is 13.8. The van der Waals surface area contributed by atoms with E-state index in [1.807, 2.05) is 43.3 Å². The smallest absolute Gasteiger partial charge is 0.266 e. The lowest BCUT2D eigenvalue weighted by molar-refractivity contribution is 0.471. The lowest BCUT2D eigenvalue weighted by Crippen LogP contribution is -2.13. The first-order valence-corrected chi connectivity index (χ1v) is 8.98. The molecule has 3 rings (SSSR count). The molecule has 0 aliphatic rings. The van der Waals surface area contributed by atoms with Gasteiger partial charge >= 0.3 is 0 Å². The van der Waals surface area contributed by atoms with E-state index in [1.54, 1.807) is 18.2 Å². The summed E-state index contributed by atoms with van der Waals surface area (Å²) in [5.74, 6) is 0.815. The van der Waals surface area contributed by atoms with Crippen LogP contribution in [0.3, 0.4) is 0 Å². The molecule has 130 valence electrons. The van der Waals surface area contributed by atoms with Crippen LogP contribution in [0.2, 0.25) is 5.02 Å². The van der Waals surface area contributed by atoms with Crippen molar-refractivity contribution in [1.82, 2.24) is 4.98 Å². The number of aromatic amines is 1. The van der Waals surface area contributed by atoms with Crippen molar-refractivity contribution in [1.29, 1.82) is 5.26 Å². The summed E-state index contributed by atoms with van der Waals surface area (Å²) in [4.78, 5) is 15.0. The summed E-state index contributed by atoms with van der Waals surface area (Å²) in [6.07, 6.45) is 0.586. The van der Waals surface area contributed by atoms with Crippen molar-refractivity contribution in [3.8, 4) is 17.6 Å². The Morgan fingerprint density at radius 1 is 1.23 bits per heavy atom. The van der Waals surface area contributed by atoms with E-state index in [-0.39, 0.29) is 5.56 Å². The monoisotopic (exact) mass is 428 g/mol. The number of hydrogen-bond donors (Lipinski definition) is 1. The minimum atomic E-state index is -0.281. The molecule has 0 fully saturated rings. The molecular formula is C20H14BrClN2O2. The molecule has 0 aliphatic heterocycles. The van der Waals surface area contributed by atoms with Gasteiger partial charge in [-0.15, -0.1) is 0 Å². The number of ether oxygens (including phenoxy) is 1. The largest absolute Gasteiger partial charge is 0.455 e. The SMILES string of the molecule is Cc1[nH]c(=O)c(Br)c(Oc2cc(Cl)cc(C#N)c2)c1Cc1ccccc1. The zero-order chi connectivity index (χ0) is 18.7. The van der Waals surface area contributed by atoms with E-state index in [4.69, 9.17) is 21.6 Å². The van der Waals surface area contributed by atoms with Crippen molar-refractivity contribution in [3.63, 3.8) is 0 Å². The third-order valence-electron chi connectivity index (χ3n) is 3.87. The van der Waals surface area contributed by atoms with E-state index in [1.165, 1.54) is 0 Å². The summed E-state index contributed by atoms with van der Waals surface area (Å²) in [5.41, 5.74) is 2.76. The summed E-state index contributed by atoms with van der Waals surface area (Å²) in [5, 5.41) is 9.51. The molecule has 0 radical (unpaired) electrons. The number of benzene rings is 2. The molecule has 0 atom stereocenters. The van der Waals surface area contributed by atoms with Gasteiger partial charge in [-0.25, -0.2) is 0 Å². The number of halogens is 2. The van der Waals surface area contributed by atoms with Crippen LogP contribution in [0.4, 0.5) is 0 Å². The molecule has 4 nitrogen and oxygen atoms in total. The fraction of sp³-hybridized carbons (Fsp3) is 0.100. The van der Waals surface area contributed by atoms with Crippen LogP contribution in [-0.2, 0) is 6.42 Å². The molecule has 0 saturated carbocycles. The first kappa shape index (κ1) is 18.2. The van der Waals surface area contributed by atoms with Gasteiger partial charge in [0.25, 0.3) is 5.56 Å². The van der Waals surface area contributed by atoms with E-state index in [0.29, 0.717) is 33.0 Å². The molecule has 2 aromatic carbocycles. The fourth-order valence-corrected chi connectivity index (χ4v) is 3.27. The molecule has 0 spiro atoms. The molecule has 0 bridgehead atoms. The summed E-state index contributed by atoms with van der Waals surface area (Å²) >= 11 is 9.38. The molecule has 1 aromatic heterocycles. The third-order valence-corrected chi connectivity index (χ3v) is 4.81. The summed E-state index contributed by atoms with van der Waals surface area (Å²) in [6.45, 7) is 1.83. The van der Waals surface area contributed by atoms with Crippen LogP contribution in [0.1, 0.15) is 22.4 Å². The maximum atomic E-state index is 12.2. The molecular weight excluding hydrogens is 416 g/mol. The second-order valence-electron chi connectivity index (χ2n) is 5.75. The highest BCUT2D eigenvalue weighted by atomic mass is 79.9. The molecule has 3 aromatic rings. The maximum Gasteiger partial charge on any atom is 0.266 e.